The monoisotopic (exact) mass is 416 g/mol. The van der Waals surface area contributed by atoms with Crippen molar-refractivity contribution < 1.29 is 14.3 Å². The maximum Gasteiger partial charge on any atom is 0.242 e. The van der Waals surface area contributed by atoms with Crippen LogP contribution in [0.2, 0.25) is 5.02 Å². The number of hydrogen-bond acceptors (Lipinski definition) is 3. The third kappa shape index (κ3) is 7.42. The van der Waals surface area contributed by atoms with Crippen LogP contribution in [0.25, 0.3) is 0 Å². The second kappa shape index (κ2) is 12.1. The van der Waals surface area contributed by atoms with Gasteiger partial charge < -0.3 is 15.0 Å². The number of nitrogens with zero attached hydrogens (tertiary/aromatic N) is 1. The zero-order valence-electron chi connectivity index (χ0n) is 17.1. The SMILES string of the molecule is CC[C@@H](C(=O)NC)N(CCc1ccccc1)C(=O)CCCOc1ccc(Cl)cc1. The van der Waals surface area contributed by atoms with E-state index in [1.165, 1.54) is 0 Å². The molecule has 156 valence electrons. The zero-order chi connectivity index (χ0) is 21.1. The maximum atomic E-state index is 12.9. The average molecular weight is 417 g/mol. The Morgan fingerprint density at radius 1 is 1.10 bits per heavy atom. The van der Waals surface area contributed by atoms with Crippen LogP contribution in [0.5, 0.6) is 5.75 Å². The Morgan fingerprint density at radius 2 is 1.79 bits per heavy atom. The molecule has 0 saturated carbocycles. The van der Waals surface area contributed by atoms with Crippen molar-refractivity contribution in [2.45, 2.75) is 38.6 Å². The van der Waals surface area contributed by atoms with Gasteiger partial charge in [-0.05, 0) is 49.1 Å². The van der Waals surface area contributed by atoms with E-state index in [1.54, 1.807) is 36.2 Å². The molecule has 6 heteroatoms. The van der Waals surface area contributed by atoms with Gasteiger partial charge in [-0.15, -0.1) is 0 Å². The summed E-state index contributed by atoms with van der Waals surface area (Å²) in [6, 6.07) is 16.7. The van der Waals surface area contributed by atoms with Gasteiger partial charge in [-0.25, -0.2) is 0 Å². The van der Waals surface area contributed by atoms with Gasteiger partial charge in [0.2, 0.25) is 11.8 Å². The Morgan fingerprint density at radius 3 is 2.41 bits per heavy atom. The van der Waals surface area contributed by atoms with Crippen molar-refractivity contribution in [3.63, 3.8) is 0 Å². The fourth-order valence-corrected chi connectivity index (χ4v) is 3.28. The molecule has 2 amide bonds. The third-order valence-electron chi connectivity index (χ3n) is 4.73. The summed E-state index contributed by atoms with van der Waals surface area (Å²) in [6.07, 6.45) is 2.19. The Balaban J connectivity index is 1.93. The molecular formula is C23H29ClN2O3. The lowest BCUT2D eigenvalue weighted by atomic mass is 10.1. The van der Waals surface area contributed by atoms with Gasteiger partial charge in [-0.3, -0.25) is 9.59 Å². The molecule has 0 heterocycles. The Labute approximate surface area is 178 Å². The summed E-state index contributed by atoms with van der Waals surface area (Å²) in [6.45, 7) is 2.86. The first-order valence-corrected chi connectivity index (χ1v) is 10.4. The van der Waals surface area contributed by atoms with Crippen molar-refractivity contribution >= 4 is 23.4 Å². The van der Waals surface area contributed by atoms with Crippen molar-refractivity contribution in [1.82, 2.24) is 10.2 Å². The number of carbonyl (C=O) groups is 2. The molecule has 0 aliphatic rings. The first-order valence-electron chi connectivity index (χ1n) is 9.98. The summed E-state index contributed by atoms with van der Waals surface area (Å²) >= 11 is 5.87. The van der Waals surface area contributed by atoms with E-state index in [4.69, 9.17) is 16.3 Å². The largest absolute Gasteiger partial charge is 0.494 e. The van der Waals surface area contributed by atoms with Gasteiger partial charge in [0.15, 0.2) is 0 Å². The smallest absolute Gasteiger partial charge is 0.242 e. The molecule has 1 N–H and O–H groups in total. The lowest BCUT2D eigenvalue weighted by Crippen LogP contribution is -2.49. The van der Waals surface area contributed by atoms with Gasteiger partial charge in [0.05, 0.1) is 6.61 Å². The molecule has 2 aromatic rings. The van der Waals surface area contributed by atoms with Gasteiger partial charge in [-0.2, -0.15) is 0 Å². The molecule has 0 bridgehead atoms. The standard InChI is InChI=1S/C23H29ClN2O3/c1-3-21(23(28)25-2)26(16-15-18-8-5-4-6-9-18)22(27)10-7-17-29-20-13-11-19(24)12-14-20/h4-6,8-9,11-14,21H,3,7,10,15-17H2,1-2H3,(H,25,28)/t21-/m0/s1. The minimum Gasteiger partial charge on any atom is -0.494 e. The lowest BCUT2D eigenvalue weighted by Gasteiger charge is -2.30. The molecule has 2 rings (SSSR count). The van der Waals surface area contributed by atoms with Crippen LogP contribution in [-0.4, -0.2) is 43.0 Å². The highest BCUT2D eigenvalue weighted by Crippen LogP contribution is 2.16. The van der Waals surface area contributed by atoms with E-state index in [0.29, 0.717) is 43.9 Å². The number of nitrogens with one attached hydrogen (secondary N) is 1. The number of rotatable bonds is 11. The Bertz CT molecular complexity index is 765. The molecule has 0 aliphatic carbocycles. The Hall–Kier alpha value is -2.53. The van der Waals surface area contributed by atoms with Crippen LogP contribution in [0.1, 0.15) is 31.7 Å². The van der Waals surface area contributed by atoms with E-state index in [-0.39, 0.29) is 11.8 Å². The van der Waals surface area contributed by atoms with E-state index in [9.17, 15) is 9.59 Å². The molecule has 1 atom stereocenters. The van der Waals surface area contributed by atoms with Gasteiger partial charge in [0.1, 0.15) is 11.8 Å². The molecule has 29 heavy (non-hydrogen) atoms. The van der Waals surface area contributed by atoms with Gasteiger partial charge in [-0.1, -0.05) is 48.9 Å². The van der Waals surface area contributed by atoms with Crippen LogP contribution in [0, 0.1) is 0 Å². The minimum atomic E-state index is -0.464. The minimum absolute atomic E-state index is 0.0314. The van der Waals surface area contributed by atoms with Crippen molar-refractivity contribution in [1.29, 1.82) is 0 Å². The third-order valence-corrected chi connectivity index (χ3v) is 4.99. The van der Waals surface area contributed by atoms with Crippen LogP contribution in [0.3, 0.4) is 0 Å². The highest BCUT2D eigenvalue weighted by atomic mass is 35.5. The number of carbonyl (C=O) groups excluding carboxylic acids is 2. The summed E-state index contributed by atoms with van der Waals surface area (Å²) in [5.41, 5.74) is 1.14. The van der Waals surface area contributed by atoms with E-state index in [2.05, 4.69) is 5.32 Å². The highest BCUT2D eigenvalue weighted by Gasteiger charge is 2.27. The molecular weight excluding hydrogens is 388 g/mol. The van der Waals surface area contributed by atoms with E-state index in [1.807, 2.05) is 37.3 Å². The number of likely N-dealkylation sites (N-methyl/N-ethyl adjacent to an activating group) is 1. The molecule has 0 radical (unpaired) electrons. The van der Waals surface area contributed by atoms with E-state index >= 15 is 0 Å². The van der Waals surface area contributed by atoms with Crippen LogP contribution in [-0.2, 0) is 16.0 Å². The van der Waals surface area contributed by atoms with E-state index in [0.717, 1.165) is 11.3 Å². The summed E-state index contributed by atoms with van der Waals surface area (Å²) in [4.78, 5) is 26.9. The number of hydrogen-bond donors (Lipinski definition) is 1. The topological polar surface area (TPSA) is 58.6 Å². The number of amides is 2. The molecule has 0 spiro atoms. The summed E-state index contributed by atoms with van der Waals surface area (Å²) < 4.78 is 5.67. The molecule has 0 saturated heterocycles. The molecule has 5 nitrogen and oxygen atoms in total. The molecule has 2 aromatic carbocycles. The molecule has 0 aliphatic heterocycles. The predicted molar refractivity (Wildman–Crippen MR) is 116 cm³/mol. The fourth-order valence-electron chi connectivity index (χ4n) is 3.15. The van der Waals surface area contributed by atoms with Crippen molar-refractivity contribution in [3.05, 3.63) is 65.2 Å². The van der Waals surface area contributed by atoms with Crippen molar-refractivity contribution in [2.24, 2.45) is 0 Å². The Kier molecular flexibility index (Phi) is 9.51. The van der Waals surface area contributed by atoms with Gasteiger partial charge in [0.25, 0.3) is 0 Å². The molecule has 0 unspecified atom stereocenters. The average Bonchev–Trinajstić information content (AvgIpc) is 2.75. The van der Waals surface area contributed by atoms with Crippen LogP contribution < -0.4 is 10.1 Å². The highest BCUT2D eigenvalue weighted by molar-refractivity contribution is 6.30. The van der Waals surface area contributed by atoms with Crippen molar-refractivity contribution in [2.75, 3.05) is 20.2 Å². The normalized spacial score (nSPS) is 11.6. The first-order chi connectivity index (χ1) is 14.0. The second-order valence-corrected chi connectivity index (χ2v) is 7.20. The number of benzene rings is 2. The molecule has 0 fully saturated rings. The zero-order valence-corrected chi connectivity index (χ0v) is 17.8. The lowest BCUT2D eigenvalue weighted by molar-refractivity contribution is -0.140. The summed E-state index contributed by atoms with van der Waals surface area (Å²) in [5.74, 6) is 0.557. The number of ether oxygens (including phenoxy) is 1. The van der Waals surface area contributed by atoms with Gasteiger partial charge in [0, 0.05) is 25.0 Å². The first kappa shape index (κ1) is 22.8. The quantitative estimate of drug-likeness (QED) is 0.561. The van der Waals surface area contributed by atoms with Gasteiger partial charge >= 0.3 is 0 Å². The van der Waals surface area contributed by atoms with E-state index < -0.39 is 6.04 Å². The van der Waals surface area contributed by atoms with Crippen LogP contribution in [0.15, 0.2) is 54.6 Å². The molecule has 0 aromatic heterocycles. The fraction of sp³-hybridized carbons (Fsp3) is 0.391. The summed E-state index contributed by atoms with van der Waals surface area (Å²) in [7, 11) is 1.60. The van der Waals surface area contributed by atoms with Crippen molar-refractivity contribution in [3.8, 4) is 5.75 Å². The van der Waals surface area contributed by atoms with Crippen LogP contribution in [0.4, 0.5) is 0 Å². The number of halogens is 1. The predicted octanol–water partition coefficient (Wildman–Crippen LogP) is 4.09. The van der Waals surface area contributed by atoms with Crippen LogP contribution >= 0.6 is 11.6 Å². The summed E-state index contributed by atoms with van der Waals surface area (Å²) in [5, 5.41) is 3.33. The second-order valence-electron chi connectivity index (χ2n) is 6.77. The maximum absolute atomic E-state index is 12.9.